The Kier molecular flexibility index (Phi) is 3.00. The molecule has 94 valence electrons. The van der Waals surface area contributed by atoms with E-state index in [1.807, 2.05) is 6.92 Å². The summed E-state index contributed by atoms with van der Waals surface area (Å²) in [5.74, 6) is 0. The lowest BCUT2D eigenvalue weighted by molar-refractivity contribution is 0.853. The van der Waals surface area contributed by atoms with Crippen molar-refractivity contribution in [2.75, 3.05) is 0 Å². The Balaban J connectivity index is 2.63. The zero-order valence-electron chi connectivity index (χ0n) is 11.8. The number of allylic oxidation sites excluding steroid dienone is 1. The van der Waals surface area contributed by atoms with Gasteiger partial charge in [0.25, 0.3) is 0 Å². The van der Waals surface area contributed by atoms with Crippen LogP contribution in [0.4, 0.5) is 0 Å². The molecule has 0 unspecified atom stereocenters. The van der Waals surface area contributed by atoms with Gasteiger partial charge in [-0.2, -0.15) is 5.26 Å². The van der Waals surface area contributed by atoms with Crippen molar-refractivity contribution in [3.8, 4) is 6.07 Å². The Morgan fingerprint density at radius 2 is 1.56 bits per heavy atom. The molecular weight excluding hydrogens is 252 g/mol. The first-order valence-corrected chi connectivity index (χ1v) is 12.2. The van der Waals surface area contributed by atoms with Crippen molar-refractivity contribution in [2.24, 2.45) is 0 Å². The lowest BCUT2D eigenvalue weighted by Gasteiger charge is -2.38. The third kappa shape index (κ3) is 1.75. The summed E-state index contributed by atoms with van der Waals surface area (Å²) >= 11 is 0. The van der Waals surface area contributed by atoms with Gasteiger partial charge >= 0.3 is 0 Å². The summed E-state index contributed by atoms with van der Waals surface area (Å²) in [6, 6.07) is 11.1. The van der Waals surface area contributed by atoms with Crippen LogP contribution in [-0.2, 0) is 0 Å². The van der Waals surface area contributed by atoms with Crippen molar-refractivity contribution in [3.63, 3.8) is 0 Å². The number of hydrogen-bond donors (Lipinski definition) is 0. The predicted molar refractivity (Wildman–Crippen MR) is 81.9 cm³/mol. The van der Waals surface area contributed by atoms with Gasteiger partial charge in [0.15, 0.2) is 16.5 Å². The van der Waals surface area contributed by atoms with E-state index >= 15 is 0 Å². The summed E-state index contributed by atoms with van der Waals surface area (Å²) in [5.41, 5.74) is 0.809. The lowest BCUT2D eigenvalue weighted by Crippen LogP contribution is -2.57. The van der Waals surface area contributed by atoms with E-state index in [4.69, 9.17) is 5.26 Å². The smallest absolute Gasteiger partial charge is 0.173 e. The molecule has 0 N–H and O–H groups in total. The fourth-order valence-corrected chi connectivity index (χ4v) is 15.2. The van der Waals surface area contributed by atoms with Gasteiger partial charge in [0.2, 0.25) is 0 Å². The minimum atomic E-state index is -1.64. The van der Waals surface area contributed by atoms with Crippen molar-refractivity contribution >= 4 is 26.8 Å². The summed E-state index contributed by atoms with van der Waals surface area (Å²) in [6.07, 6.45) is 2.11. The molecule has 1 aromatic carbocycles. The van der Waals surface area contributed by atoms with E-state index in [1.54, 1.807) is 10.4 Å². The minimum absolute atomic E-state index is 0.809. The highest BCUT2D eigenvalue weighted by molar-refractivity contribution is 7.10. The van der Waals surface area contributed by atoms with Crippen molar-refractivity contribution in [2.45, 2.75) is 33.1 Å². The van der Waals surface area contributed by atoms with Crippen molar-refractivity contribution < 1.29 is 0 Å². The second-order valence-corrected chi connectivity index (χ2v) is 14.7. The van der Waals surface area contributed by atoms with Gasteiger partial charge in [-0.3, -0.25) is 0 Å². The van der Waals surface area contributed by atoms with Crippen LogP contribution in [0.25, 0.3) is 0 Å². The molecule has 1 heterocycles. The molecule has 1 aromatic rings. The highest BCUT2D eigenvalue weighted by Gasteiger charge is 2.50. The van der Waals surface area contributed by atoms with Gasteiger partial charge in [-0.15, -0.1) is 0 Å². The van der Waals surface area contributed by atoms with E-state index < -0.39 is 16.5 Å². The van der Waals surface area contributed by atoms with Gasteiger partial charge < -0.3 is 4.23 Å². The third-order valence-corrected chi connectivity index (χ3v) is 13.7. The largest absolute Gasteiger partial charge is 0.423 e. The first-order chi connectivity index (χ1) is 8.31. The van der Waals surface area contributed by atoms with Gasteiger partial charge in [0.1, 0.15) is 0 Å². The van der Waals surface area contributed by atoms with Crippen LogP contribution in [0.15, 0.2) is 36.0 Å². The van der Waals surface area contributed by atoms with Gasteiger partial charge in [-0.05, 0) is 49.7 Å². The third-order valence-electron chi connectivity index (χ3n) is 3.95. The van der Waals surface area contributed by atoms with Gasteiger partial charge in [0, 0.05) is 5.57 Å². The maximum atomic E-state index is 9.04. The van der Waals surface area contributed by atoms with Crippen LogP contribution in [0.3, 0.4) is 0 Å². The molecule has 4 heteroatoms. The summed E-state index contributed by atoms with van der Waals surface area (Å²) in [4.78, 5) is 0. The average molecular weight is 272 g/mol. The monoisotopic (exact) mass is 272 g/mol. The first kappa shape index (κ1) is 13.1. The fourth-order valence-electron chi connectivity index (χ4n) is 3.05. The molecule has 0 spiro atoms. The molecule has 0 fully saturated rings. The topological polar surface area (TPSA) is 27.0 Å². The predicted octanol–water partition coefficient (Wildman–Crippen LogP) is 2.25. The molecule has 1 aliphatic heterocycles. The second-order valence-electron chi connectivity index (χ2n) is 5.96. The normalized spacial score (nSPS) is 20.4. The Labute approximate surface area is 112 Å². The van der Waals surface area contributed by atoms with Crippen molar-refractivity contribution in [3.05, 3.63) is 36.0 Å². The minimum Gasteiger partial charge on any atom is -0.423 e. The molecule has 1 aliphatic rings. The number of nitrogens with zero attached hydrogens (tertiary/aromatic N) is 2. The molecule has 0 aliphatic carbocycles. The second kappa shape index (κ2) is 4.11. The SMILES string of the molecule is C/C(C#N)=C/N1[Si](C)(C)c2ccccc2[Si]1(C)C. The Morgan fingerprint density at radius 1 is 1.11 bits per heavy atom. The number of nitriles is 1. The van der Waals surface area contributed by atoms with E-state index in [0.717, 1.165) is 5.57 Å². The molecule has 0 aromatic heterocycles. The van der Waals surface area contributed by atoms with Crippen LogP contribution in [-0.4, -0.2) is 20.7 Å². The van der Waals surface area contributed by atoms with E-state index in [-0.39, 0.29) is 0 Å². The van der Waals surface area contributed by atoms with E-state index in [9.17, 15) is 0 Å². The van der Waals surface area contributed by atoms with Crippen LogP contribution in [0, 0.1) is 11.3 Å². The molecule has 18 heavy (non-hydrogen) atoms. The molecule has 0 saturated carbocycles. The maximum absolute atomic E-state index is 9.04. The number of hydrogen-bond acceptors (Lipinski definition) is 2. The Bertz CT molecular complexity index is 518. The summed E-state index contributed by atoms with van der Waals surface area (Å²) in [7, 11) is -3.27. The number of benzene rings is 1. The van der Waals surface area contributed by atoms with E-state index in [1.165, 1.54) is 0 Å². The van der Waals surface area contributed by atoms with Crippen LogP contribution in [0.1, 0.15) is 6.92 Å². The lowest BCUT2D eigenvalue weighted by atomic mass is 10.4. The molecule has 0 bridgehead atoms. The summed E-state index contributed by atoms with van der Waals surface area (Å²) < 4.78 is 2.57. The highest BCUT2D eigenvalue weighted by Crippen LogP contribution is 2.26. The van der Waals surface area contributed by atoms with E-state index in [2.05, 4.69) is 67.0 Å². The zero-order valence-corrected chi connectivity index (χ0v) is 13.8. The van der Waals surface area contributed by atoms with Crippen molar-refractivity contribution in [1.29, 1.82) is 5.26 Å². The molecule has 2 nitrogen and oxygen atoms in total. The quantitative estimate of drug-likeness (QED) is 0.579. The van der Waals surface area contributed by atoms with Crippen LogP contribution >= 0.6 is 0 Å². The molecule has 0 radical (unpaired) electrons. The zero-order chi connectivity index (χ0) is 13.6. The summed E-state index contributed by atoms with van der Waals surface area (Å²) in [6.45, 7) is 11.4. The van der Waals surface area contributed by atoms with Gasteiger partial charge in [-0.1, -0.05) is 24.3 Å². The van der Waals surface area contributed by atoms with E-state index in [0.29, 0.717) is 0 Å². The Hall–Kier alpha value is -1.32. The van der Waals surface area contributed by atoms with Crippen LogP contribution < -0.4 is 10.4 Å². The number of rotatable bonds is 1. The standard InChI is InChI=1S/C14H20N2Si2/c1-12(10-15)11-16-17(2,3)13-8-6-7-9-14(13)18(16,4)5/h6-9,11H,1-5H3/b12-11-. The van der Waals surface area contributed by atoms with Gasteiger partial charge in [0.05, 0.1) is 6.07 Å². The fraction of sp³-hybridized carbons (Fsp3) is 0.357. The van der Waals surface area contributed by atoms with Crippen LogP contribution in [0.5, 0.6) is 0 Å². The first-order valence-electron chi connectivity index (χ1n) is 6.30. The Morgan fingerprint density at radius 3 is 1.94 bits per heavy atom. The molecule has 2 rings (SSSR count). The van der Waals surface area contributed by atoms with Crippen LogP contribution in [0.2, 0.25) is 26.2 Å². The molecular formula is C14H20N2Si2. The summed E-state index contributed by atoms with van der Waals surface area (Å²) in [5, 5.41) is 12.1. The molecule has 0 atom stereocenters. The molecule has 0 saturated heterocycles. The maximum Gasteiger partial charge on any atom is 0.173 e. The number of fused-ring (bicyclic) bond motifs is 1. The van der Waals surface area contributed by atoms with Gasteiger partial charge in [-0.25, -0.2) is 0 Å². The average Bonchev–Trinajstić information content (AvgIpc) is 2.48. The molecule has 0 amide bonds. The van der Waals surface area contributed by atoms with Crippen molar-refractivity contribution in [1.82, 2.24) is 4.23 Å². The highest BCUT2D eigenvalue weighted by atomic mass is 28.4.